The van der Waals surface area contributed by atoms with Gasteiger partial charge in [0.25, 0.3) is 0 Å². The molecule has 2 amide bonds. The van der Waals surface area contributed by atoms with Crippen LogP contribution in [0.25, 0.3) is 5.70 Å². The predicted octanol–water partition coefficient (Wildman–Crippen LogP) is 4.20. The van der Waals surface area contributed by atoms with Gasteiger partial charge in [0, 0.05) is 12.0 Å². The summed E-state index contributed by atoms with van der Waals surface area (Å²) in [4.78, 5) is 29.4. The fraction of sp³-hybridized carbons (Fsp3) is 0.333. The van der Waals surface area contributed by atoms with Crippen LogP contribution in [0.5, 0.6) is 5.75 Å². The van der Waals surface area contributed by atoms with E-state index in [-0.39, 0.29) is 12.5 Å². The van der Waals surface area contributed by atoms with E-state index >= 15 is 0 Å². The fourth-order valence-electron chi connectivity index (χ4n) is 3.89. The summed E-state index contributed by atoms with van der Waals surface area (Å²) in [6.45, 7) is 5.88. The Bertz CT molecular complexity index is 1020. The topological polar surface area (TPSA) is 59.1 Å². The summed E-state index contributed by atoms with van der Waals surface area (Å²) in [6.07, 6.45) is 0.0473. The van der Waals surface area contributed by atoms with Crippen molar-refractivity contribution in [1.29, 1.82) is 0 Å². The first-order valence-electron chi connectivity index (χ1n) is 10.0. The smallest absolute Gasteiger partial charge is 0.415 e. The number of nitrogens with zero attached hydrogens (tertiary/aromatic N) is 2. The van der Waals surface area contributed by atoms with E-state index in [0.717, 1.165) is 33.8 Å². The number of hydrogen-bond donors (Lipinski definition) is 0. The van der Waals surface area contributed by atoms with Gasteiger partial charge >= 0.3 is 6.09 Å². The van der Waals surface area contributed by atoms with Crippen LogP contribution in [0.2, 0.25) is 0 Å². The zero-order valence-corrected chi connectivity index (χ0v) is 17.8. The lowest BCUT2D eigenvalue weighted by molar-refractivity contribution is -0.131. The summed E-state index contributed by atoms with van der Waals surface area (Å²) in [5, 5.41) is 0. The van der Waals surface area contributed by atoms with Gasteiger partial charge < -0.3 is 14.4 Å². The Morgan fingerprint density at radius 3 is 2.50 bits per heavy atom. The highest BCUT2D eigenvalue weighted by Crippen LogP contribution is 2.41. The minimum Gasteiger partial charge on any atom is -0.497 e. The molecule has 2 aromatic rings. The number of rotatable bonds is 3. The molecule has 1 aliphatic heterocycles. The number of carbonyl (C=O) groups is 2. The molecule has 2 aliphatic rings. The van der Waals surface area contributed by atoms with E-state index in [4.69, 9.17) is 9.47 Å². The maximum absolute atomic E-state index is 13.1. The van der Waals surface area contributed by atoms with Crippen LogP contribution < -0.4 is 4.74 Å². The molecule has 0 N–H and O–H groups in total. The molecule has 6 heteroatoms. The Kier molecular flexibility index (Phi) is 5.02. The SMILES string of the molecule is COc1ccc2c(c1)CC1=C2N(C(=O)OC(C)(C)C)CC(=O)N1Cc1ccccc1. The van der Waals surface area contributed by atoms with Crippen molar-refractivity contribution in [2.75, 3.05) is 13.7 Å². The molecular formula is C24H26N2O4. The molecular weight excluding hydrogens is 380 g/mol. The third-order valence-corrected chi connectivity index (χ3v) is 5.19. The molecule has 156 valence electrons. The van der Waals surface area contributed by atoms with Gasteiger partial charge in [-0.25, -0.2) is 4.79 Å². The van der Waals surface area contributed by atoms with Gasteiger partial charge in [0.1, 0.15) is 17.9 Å². The number of carbonyl (C=O) groups excluding carboxylic acids is 2. The molecule has 0 fully saturated rings. The van der Waals surface area contributed by atoms with Crippen molar-refractivity contribution in [1.82, 2.24) is 9.80 Å². The first-order valence-corrected chi connectivity index (χ1v) is 10.0. The van der Waals surface area contributed by atoms with Crippen molar-refractivity contribution in [3.05, 3.63) is 70.9 Å². The Balaban J connectivity index is 1.76. The number of methoxy groups -OCH3 is 1. The summed E-state index contributed by atoms with van der Waals surface area (Å²) in [7, 11) is 1.63. The van der Waals surface area contributed by atoms with Crippen molar-refractivity contribution >= 4 is 17.7 Å². The van der Waals surface area contributed by atoms with Crippen LogP contribution in [0.4, 0.5) is 4.79 Å². The monoisotopic (exact) mass is 406 g/mol. The molecule has 0 saturated carbocycles. The highest BCUT2D eigenvalue weighted by atomic mass is 16.6. The molecule has 4 rings (SSSR count). The molecule has 6 nitrogen and oxygen atoms in total. The predicted molar refractivity (Wildman–Crippen MR) is 114 cm³/mol. The van der Waals surface area contributed by atoms with Crippen LogP contribution in [-0.2, 0) is 22.5 Å². The van der Waals surface area contributed by atoms with E-state index in [2.05, 4.69) is 0 Å². The fourth-order valence-corrected chi connectivity index (χ4v) is 3.89. The first-order chi connectivity index (χ1) is 14.3. The first kappa shape index (κ1) is 20.0. The van der Waals surface area contributed by atoms with Crippen molar-refractivity contribution in [2.24, 2.45) is 0 Å². The van der Waals surface area contributed by atoms with Crippen molar-refractivity contribution in [3.8, 4) is 5.75 Å². The summed E-state index contributed by atoms with van der Waals surface area (Å²) < 4.78 is 11.0. The maximum atomic E-state index is 13.1. The lowest BCUT2D eigenvalue weighted by atomic mass is 10.1. The lowest BCUT2D eigenvalue weighted by Gasteiger charge is -2.36. The summed E-state index contributed by atoms with van der Waals surface area (Å²) in [5.74, 6) is 0.626. The van der Waals surface area contributed by atoms with Gasteiger partial charge in [-0.05, 0) is 50.1 Å². The van der Waals surface area contributed by atoms with Gasteiger partial charge in [-0.2, -0.15) is 0 Å². The summed E-state index contributed by atoms with van der Waals surface area (Å²) in [6, 6.07) is 15.7. The van der Waals surface area contributed by atoms with Crippen molar-refractivity contribution in [3.63, 3.8) is 0 Å². The number of amides is 2. The van der Waals surface area contributed by atoms with Gasteiger partial charge in [0.15, 0.2) is 0 Å². The third kappa shape index (κ3) is 3.77. The van der Waals surface area contributed by atoms with Crippen LogP contribution in [0.15, 0.2) is 54.2 Å². The normalized spacial score (nSPS) is 15.8. The Labute approximate surface area is 176 Å². The van der Waals surface area contributed by atoms with Gasteiger partial charge in [-0.15, -0.1) is 0 Å². The van der Waals surface area contributed by atoms with Crippen LogP contribution in [0.3, 0.4) is 0 Å². The number of benzene rings is 2. The number of allylic oxidation sites excluding steroid dienone is 1. The highest BCUT2D eigenvalue weighted by molar-refractivity contribution is 5.97. The molecule has 30 heavy (non-hydrogen) atoms. The second-order valence-electron chi connectivity index (χ2n) is 8.53. The maximum Gasteiger partial charge on any atom is 0.415 e. The summed E-state index contributed by atoms with van der Waals surface area (Å²) in [5.41, 5.74) is 3.92. The Morgan fingerprint density at radius 1 is 1.10 bits per heavy atom. The molecule has 2 aromatic carbocycles. The van der Waals surface area contributed by atoms with E-state index in [1.165, 1.54) is 4.90 Å². The minimum atomic E-state index is -0.649. The molecule has 0 saturated heterocycles. The van der Waals surface area contributed by atoms with E-state index < -0.39 is 11.7 Å². The Hall–Kier alpha value is -3.28. The van der Waals surface area contributed by atoms with Gasteiger partial charge in [-0.1, -0.05) is 30.3 Å². The van der Waals surface area contributed by atoms with E-state index in [1.807, 2.05) is 69.3 Å². The number of fused-ring (bicyclic) bond motifs is 2. The van der Waals surface area contributed by atoms with Crippen LogP contribution >= 0.6 is 0 Å². The van der Waals surface area contributed by atoms with E-state index in [0.29, 0.717) is 13.0 Å². The minimum absolute atomic E-state index is 0.0496. The average Bonchev–Trinajstić information content (AvgIpc) is 3.07. The van der Waals surface area contributed by atoms with Gasteiger partial charge in [-0.3, -0.25) is 9.69 Å². The van der Waals surface area contributed by atoms with Gasteiger partial charge in [0.2, 0.25) is 5.91 Å². The largest absolute Gasteiger partial charge is 0.497 e. The highest BCUT2D eigenvalue weighted by Gasteiger charge is 2.41. The van der Waals surface area contributed by atoms with E-state index in [1.54, 1.807) is 12.0 Å². The average molecular weight is 406 g/mol. The molecule has 0 atom stereocenters. The zero-order valence-electron chi connectivity index (χ0n) is 17.8. The molecule has 0 unspecified atom stereocenters. The zero-order chi connectivity index (χ0) is 21.5. The second kappa shape index (κ2) is 7.52. The molecule has 0 spiro atoms. The number of ether oxygens (including phenoxy) is 2. The van der Waals surface area contributed by atoms with Crippen molar-refractivity contribution in [2.45, 2.75) is 39.3 Å². The molecule has 1 heterocycles. The third-order valence-electron chi connectivity index (χ3n) is 5.19. The molecule has 0 bridgehead atoms. The standard InChI is InChI=1S/C24H26N2O4/c1-24(2,3)30-23(28)26-15-21(27)25(14-16-8-6-5-7-9-16)20-13-17-12-18(29-4)10-11-19(17)22(20)26/h5-12H,13-15H2,1-4H3. The van der Waals surface area contributed by atoms with E-state index in [9.17, 15) is 9.59 Å². The second-order valence-corrected chi connectivity index (χ2v) is 8.53. The van der Waals surface area contributed by atoms with Gasteiger partial charge in [0.05, 0.1) is 25.0 Å². The van der Waals surface area contributed by atoms with Crippen LogP contribution in [-0.4, -0.2) is 41.1 Å². The molecule has 1 aliphatic carbocycles. The lowest BCUT2D eigenvalue weighted by Crippen LogP contribution is -2.48. The summed E-state index contributed by atoms with van der Waals surface area (Å²) >= 11 is 0. The Morgan fingerprint density at radius 2 is 1.83 bits per heavy atom. The quantitative estimate of drug-likeness (QED) is 0.767. The molecule has 0 aromatic heterocycles. The molecule has 0 radical (unpaired) electrons. The number of hydrogen-bond acceptors (Lipinski definition) is 4. The van der Waals surface area contributed by atoms with Crippen molar-refractivity contribution < 1.29 is 19.1 Å². The van der Waals surface area contributed by atoms with Crippen LogP contribution in [0.1, 0.15) is 37.5 Å². The van der Waals surface area contributed by atoms with Crippen LogP contribution in [0, 0.1) is 0 Å².